The van der Waals surface area contributed by atoms with E-state index < -0.39 is 0 Å². The summed E-state index contributed by atoms with van der Waals surface area (Å²) in [6, 6.07) is 13.6. The molecule has 3 aromatic rings. The molecule has 1 aromatic heterocycles. The van der Waals surface area contributed by atoms with Crippen LogP contribution in [-0.2, 0) is 17.9 Å². The summed E-state index contributed by atoms with van der Waals surface area (Å²) in [6.45, 7) is 10.7. The lowest BCUT2D eigenvalue weighted by Crippen LogP contribution is -2.48. The predicted molar refractivity (Wildman–Crippen MR) is 141 cm³/mol. The number of amides is 3. The SMILES string of the molecule is CCC(C)N(CC(=O)N(Cc1ccc(F)cc1)Cc1sccc1C)C(=O)Nc1ccc(C)cc1C. The summed E-state index contributed by atoms with van der Waals surface area (Å²) in [4.78, 5) is 31.3. The van der Waals surface area contributed by atoms with Gasteiger partial charge in [-0.1, -0.05) is 36.8 Å². The van der Waals surface area contributed by atoms with E-state index in [2.05, 4.69) is 5.32 Å². The van der Waals surface area contributed by atoms with Gasteiger partial charge in [-0.25, -0.2) is 9.18 Å². The molecule has 0 aliphatic heterocycles. The van der Waals surface area contributed by atoms with E-state index in [1.807, 2.05) is 64.3 Å². The van der Waals surface area contributed by atoms with Crippen LogP contribution in [0.15, 0.2) is 53.9 Å². The molecule has 0 bridgehead atoms. The van der Waals surface area contributed by atoms with Crippen LogP contribution in [0.25, 0.3) is 0 Å². The number of hydrogen-bond acceptors (Lipinski definition) is 3. The van der Waals surface area contributed by atoms with Crippen LogP contribution in [0.5, 0.6) is 0 Å². The molecule has 0 radical (unpaired) electrons. The summed E-state index contributed by atoms with van der Waals surface area (Å²) in [5.74, 6) is -0.468. The molecule has 0 saturated carbocycles. The second-order valence-electron chi connectivity index (χ2n) is 9.04. The van der Waals surface area contributed by atoms with Gasteiger partial charge in [-0.3, -0.25) is 4.79 Å². The molecule has 3 amide bonds. The number of hydrogen-bond donors (Lipinski definition) is 1. The lowest BCUT2D eigenvalue weighted by atomic mass is 10.1. The maximum absolute atomic E-state index is 13.6. The summed E-state index contributed by atoms with van der Waals surface area (Å²) in [5, 5.41) is 4.99. The van der Waals surface area contributed by atoms with Crippen molar-refractivity contribution in [2.75, 3.05) is 11.9 Å². The minimum atomic E-state index is -0.313. The summed E-state index contributed by atoms with van der Waals surface area (Å²) in [7, 11) is 0. The Morgan fingerprint density at radius 2 is 1.71 bits per heavy atom. The normalized spacial score (nSPS) is 11.7. The number of thiophene rings is 1. The van der Waals surface area contributed by atoms with Gasteiger partial charge in [-0.15, -0.1) is 11.3 Å². The van der Waals surface area contributed by atoms with E-state index in [-0.39, 0.29) is 30.3 Å². The van der Waals surface area contributed by atoms with Crippen LogP contribution in [0.4, 0.5) is 14.9 Å². The van der Waals surface area contributed by atoms with Crippen LogP contribution in [0, 0.1) is 26.6 Å². The molecule has 1 N–H and O–H groups in total. The molecule has 0 aliphatic carbocycles. The number of nitrogens with one attached hydrogen (secondary N) is 1. The Labute approximate surface area is 211 Å². The molecule has 0 saturated heterocycles. The zero-order chi connectivity index (χ0) is 25.5. The van der Waals surface area contributed by atoms with E-state index >= 15 is 0 Å². The zero-order valence-corrected chi connectivity index (χ0v) is 21.9. The van der Waals surface area contributed by atoms with Gasteiger partial charge in [-0.2, -0.15) is 0 Å². The highest BCUT2D eigenvalue weighted by atomic mass is 32.1. The number of urea groups is 1. The molecule has 186 valence electrons. The Morgan fingerprint density at radius 1 is 1.00 bits per heavy atom. The van der Waals surface area contributed by atoms with E-state index in [9.17, 15) is 14.0 Å². The lowest BCUT2D eigenvalue weighted by molar-refractivity contribution is -0.133. The van der Waals surface area contributed by atoms with Gasteiger partial charge in [0.1, 0.15) is 12.4 Å². The summed E-state index contributed by atoms with van der Waals surface area (Å²) >= 11 is 1.60. The first-order chi connectivity index (χ1) is 16.7. The number of rotatable bonds is 9. The molecule has 1 atom stereocenters. The topological polar surface area (TPSA) is 52.7 Å². The fourth-order valence-electron chi connectivity index (χ4n) is 3.82. The zero-order valence-electron chi connectivity index (χ0n) is 21.1. The van der Waals surface area contributed by atoms with Gasteiger partial charge in [0.2, 0.25) is 5.91 Å². The minimum absolute atomic E-state index is 0.0443. The van der Waals surface area contributed by atoms with Crippen LogP contribution < -0.4 is 5.32 Å². The van der Waals surface area contributed by atoms with Crippen molar-refractivity contribution in [2.24, 2.45) is 0 Å². The van der Waals surface area contributed by atoms with Crippen molar-refractivity contribution in [1.29, 1.82) is 0 Å². The number of carbonyl (C=O) groups is 2. The summed E-state index contributed by atoms with van der Waals surface area (Å²) in [5.41, 5.74) is 4.79. The Morgan fingerprint density at radius 3 is 2.31 bits per heavy atom. The van der Waals surface area contributed by atoms with Crippen molar-refractivity contribution in [3.63, 3.8) is 0 Å². The Bertz CT molecular complexity index is 1160. The van der Waals surface area contributed by atoms with Gasteiger partial charge in [0, 0.05) is 23.2 Å². The predicted octanol–water partition coefficient (Wildman–Crippen LogP) is 6.67. The molecular weight excluding hydrogens is 461 g/mol. The van der Waals surface area contributed by atoms with Gasteiger partial charge in [0.25, 0.3) is 0 Å². The number of halogens is 1. The van der Waals surface area contributed by atoms with E-state index in [1.54, 1.807) is 33.3 Å². The third-order valence-electron chi connectivity index (χ3n) is 6.25. The number of carbonyl (C=O) groups excluding carboxylic acids is 2. The Kier molecular flexibility index (Phi) is 9.04. The van der Waals surface area contributed by atoms with Crippen molar-refractivity contribution in [2.45, 2.75) is 60.2 Å². The summed E-state index contributed by atoms with van der Waals surface area (Å²) in [6.07, 6.45) is 0.718. The molecule has 7 heteroatoms. The van der Waals surface area contributed by atoms with Crippen molar-refractivity contribution >= 4 is 29.0 Å². The molecule has 0 spiro atoms. The highest BCUT2D eigenvalue weighted by Crippen LogP contribution is 2.21. The molecule has 35 heavy (non-hydrogen) atoms. The molecule has 2 aromatic carbocycles. The average Bonchev–Trinajstić information content (AvgIpc) is 3.23. The number of benzene rings is 2. The standard InChI is InChI=1S/C28H34FN3O2S/c1-6-22(5)32(28(34)30-25-12-7-19(2)15-21(25)4)18-27(33)31(17-26-20(3)13-14-35-26)16-23-8-10-24(29)11-9-23/h7-15,22H,6,16-18H2,1-5H3,(H,30,34). The van der Waals surface area contributed by atoms with Crippen molar-refractivity contribution in [3.8, 4) is 0 Å². The fraction of sp³-hybridized carbons (Fsp3) is 0.357. The molecule has 1 unspecified atom stereocenters. The van der Waals surface area contributed by atoms with Gasteiger partial charge < -0.3 is 15.1 Å². The van der Waals surface area contributed by atoms with Gasteiger partial charge in [0.15, 0.2) is 0 Å². The average molecular weight is 496 g/mol. The van der Waals surface area contributed by atoms with Crippen LogP contribution in [0.1, 0.15) is 47.4 Å². The molecule has 3 rings (SSSR count). The van der Waals surface area contributed by atoms with Gasteiger partial charge in [-0.05, 0) is 80.5 Å². The molecule has 0 fully saturated rings. The van der Waals surface area contributed by atoms with E-state index in [0.717, 1.165) is 39.2 Å². The smallest absolute Gasteiger partial charge is 0.322 e. The van der Waals surface area contributed by atoms with Gasteiger partial charge >= 0.3 is 6.03 Å². The number of nitrogens with zero attached hydrogens (tertiary/aromatic N) is 2. The Hall–Kier alpha value is -3.19. The quantitative estimate of drug-likeness (QED) is 0.360. The third-order valence-corrected chi connectivity index (χ3v) is 7.26. The van der Waals surface area contributed by atoms with Crippen LogP contribution >= 0.6 is 11.3 Å². The van der Waals surface area contributed by atoms with Crippen LogP contribution in [0.2, 0.25) is 0 Å². The van der Waals surface area contributed by atoms with E-state index in [1.165, 1.54) is 12.1 Å². The molecule has 0 aliphatic rings. The molecule has 1 heterocycles. The summed E-state index contributed by atoms with van der Waals surface area (Å²) < 4.78 is 13.4. The van der Waals surface area contributed by atoms with E-state index in [4.69, 9.17) is 0 Å². The van der Waals surface area contributed by atoms with Crippen molar-refractivity contribution < 1.29 is 14.0 Å². The monoisotopic (exact) mass is 495 g/mol. The van der Waals surface area contributed by atoms with E-state index in [0.29, 0.717) is 13.1 Å². The second kappa shape index (κ2) is 12.0. The highest BCUT2D eigenvalue weighted by Gasteiger charge is 2.26. The number of aryl methyl sites for hydroxylation is 3. The molecular formula is C28H34FN3O2S. The minimum Gasteiger partial charge on any atom is -0.332 e. The fourth-order valence-corrected chi connectivity index (χ4v) is 4.74. The first-order valence-corrected chi connectivity index (χ1v) is 12.8. The largest absolute Gasteiger partial charge is 0.332 e. The second-order valence-corrected chi connectivity index (χ2v) is 10.0. The molecule has 5 nitrogen and oxygen atoms in total. The van der Waals surface area contributed by atoms with Crippen molar-refractivity contribution in [3.05, 3.63) is 86.9 Å². The first kappa shape index (κ1) is 26.4. The Balaban J connectivity index is 1.81. The van der Waals surface area contributed by atoms with Crippen molar-refractivity contribution in [1.82, 2.24) is 9.80 Å². The third kappa shape index (κ3) is 7.15. The van der Waals surface area contributed by atoms with Gasteiger partial charge in [0.05, 0.1) is 6.54 Å². The lowest BCUT2D eigenvalue weighted by Gasteiger charge is -2.31. The maximum atomic E-state index is 13.6. The highest BCUT2D eigenvalue weighted by molar-refractivity contribution is 7.10. The van der Waals surface area contributed by atoms with Crippen LogP contribution in [-0.4, -0.2) is 34.3 Å². The van der Waals surface area contributed by atoms with Crippen LogP contribution in [0.3, 0.4) is 0 Å². The first-order valence-electron chi connectivity index (χ1n) is 11.9. The maximum Gasteiger partial charge on any atom is 0.322 e. The number of anilines is 1.